The summed E-state index contributed by atoms with van der Waals surface area (Å²) in [6.45, 7) is 7.66. The van der Waals surface area contributed by atoms with Gasteiger partial charge in [-0.05, 0) is 38.6 Å². The molecule has 2 heterocycles. The van der Waals surface area contributed by atoms with Crippen molar-refractivity contribution < 1.29 is 9.21 Å². The zero-order valence-electron chi connectivity index (χ0n) is 13.8. The predicted octanol–water partition coefficient (Wildman–Crippen LogP) is 3.03. The molecule has 22 heavy (non-hydrogen) atoms. The number of hydrogen-bond donors (Lipinski definition) is 1. The maximum atomic E-state index is 12.2. The highest BCUT2D eigenvalue weighted by molar-refractivity contribution is 7.13. The Kier molecular flexibility index (Phi) is 5.03. The Labute approximate surface area is 135 Å². The summed E-state index contributed by atoms with van der Waals surface area (Å²) in [5.41, 5.74) is 0.450. The molecule has 0 spiro atoms. The number of carbonyl (C=O) groups excluding carboxylic acids is 1. The predicted molar refractivity (Wildman–Crippen MR) is 89.2 cm³/mol. The van der Waals surface area contributed by atoms with Crippen molar-refractivity contribution >= 4 is 17.2 Å². The molecule has 0 aliphatic rings. The highest BCUT2D eigenvalue weighted by Gasteiger charge is 2.21. The highest BCUT2D eigenvalue weighted by Crippen LogP contribution is 2.25. The van der Waals surface area contributed by atoms with Gasteiger partial charge in [0, 0.05) is 18.5 Å². The molecule has 0 aliphatic carbocycles. The van der Waals surface area contributed by atoms with E-state index in [9.17, 15) is 4.79 Å². The van der Waals surface area contributed by atoms with Crippen molar-refractivity contribution in [2.24, 2.45) is 5.41 Å². The van der Waals surface area contributed by atoms with E-state index >= 15 is 0 Å². The highest BCUT2D eigenvalue weighted by atomic mass is 32.1. The maximum Gasteiger partial charge on any atom is 0.270 e. The van der Waals surface area contributed by atoms with Crippen molar-refractivity contribution in [1.82, 2.24) is 15.2 Å². The average molecular weight is 321 g/mol. The van der Waals surface area contributed by atoms with Gasteiger partial charge in [-0.2, -0.15) is 0 Å². The molecule has 0 bridgehead atoms. The largest absolute Gasteiger partial charge is 0.459 e. The van der Waals surface area contributed by atoms with E-state index in [1.807, 2.05) is 33.2 Å². The van der Waals surface area contributed by atoms with Crippen molar-refractivity contribution in [2.75, 3.05) is 27.2 Å². The number of aromatic nitrogens is 1. The summed E-state index contributed by atoms with van der Waals surface area (Å²) >= 11 is 1.41. The molecule has 0 saturated heterocycles. The summed E-state index contributed by atoms with van der Waals surface area (Å²) in [7, 11) is 4.06. The summed E-state index contributed by atoms with van der Waals surface area (Å²) in [6.07, 6.45) is 0. The second kappa shape index (κ2) is 6.62. The molecule has 5 nitrogen and oxygen atoms in total. The fourth-order valence-corrected chi connectivity index (χ4v) is 3.12. The summed E-state index contributed by atoms with van der Waals surface area (Å²) in [4.78, 5) is 18.7. The van der Waals surface area contributed by atoms with Gasteiger partial charge in [-0.1, -0.05) is 13.8 Å². The zero-order chi connectivity index (χ0) is 16.3. The lowest BCUT2D eigenvalue weighted by molar-refractivity contribution is 0.0925. The van der Waals surface area contributed by atoms with Crippen LogP contribution in [0.1, 0.15) is 30.1 Å². The average Bonchev–Trinajstić information content (AvgIpc) is 3.03. The molecule has 0 fully saturated rings. The van der Waals surface area contributed by atoms with Gasteiger partial charge in [-0.3, -0.25) is 4.79 Å². The van der Waals surface area contributed by atoms with E-state index in [0.717, 1.165) is 17.3 Å². The molecule has 0 radical (unpaired) electrons. The van der Waals surface area contributed by atoms with Crippen molar-refractivity contribution in [3.05, 3.63) is 29.0 Å². The fourth-order valence-electron chi connectivity index (χ4n) is 2.36. The molecule has 6 heteroatoms. The molecule has 120 valence electrons. The van der Waals surface area contributed by atoms with E-state index < -0.39 is 0 Å². The number of hydrogen-bond acceptors (Lipinski definition) is 5. The van der Waals surface area contributed by atoms with E-state index in [0.29, 0.717) is 18.0 Å². The smallest absolute Gasteiger partial charge is 0.270 e. The number of nitrogens with zero attached hydrogens (tertiary/aromatic N) is 2. The van der Waals surface area contributed by atoms with Crippen LogP contribution in [-0.2, 0) is 0 Å². The standard InChI is InChI=1S/C16H23N3O2S/c1-11-6-7-13(21-11)15-18-12(8-22-15)14(20)17-9-16(2,3)10-19(4)5/h6-8H,9-10H2,1-5H3,(H,17,20). The molecule has 1 amide bonds. The molecule has 0 aromatic carbocycles. The van der Waals surface area contributed by atoms with Crippen molar-refractivity contribution in [3.63, 3.8) is 0 Å². The second-order valence-electron chi connectivity index (χ2n) is 6.53. The Balaban J connectivity index is 1.98. The van der Waals surface area contributed by atoms with Crippen LogP contribution in [-0.4, -0.2) is 43.0 Å². The molecule has 2 rings (SSSR count). The maximum absolute atomic E-state index is 12.2. The Morgan fingerprint density at radius 1 is 1.41 bits per heavy atom. The van der Waals surface area contributed by atoms with E-state index in [1.54, 1.807) is 5.38 Å². The molecular formula is C16H23N3O2S. The van der Waals surface area contributed by atoms with Crippen LogP contribution in [0, 0.1) is 12.3 Å². The van der Waals surface area contributed by atoms with Gasteiger partial charge in [0.1, 0.15) is 11.5 Å². The van der Waals surface area contributed by atoms with Crippen LogP contribution >= 0.6 is 11.3 Å². The van der Waals surface area contributed by atoms with Gasteiger partial charge in [0.25, 0.3) is 5.91 Å². The lowest BCUT2D eigenvalue weighted by Crippen LogP contribution is -2.40. The number of rotatable bonds is 6. The Morgan fingerprint density at radius 3 is 2.73 bits per heavy atom. The number of aryl methyl sites for hydroxylation is 1. The third kappa shape index (κ3) is 4.42. The zero-order valence-corrected chi connectivity index (χ0v) is 14.6. The molecule has 0 unspecified atom stereocenters. The minimum absolute atomic E-state index is 0.0101. The van der Waals surface area contributed by atoms with E-state index in [1.165, 1.54) is 11.3 Å². The van der Waals surface area contributed by atoms with Crippen LogP contribution in [0.3, 0.4) is 0 Å². The minimum Gasteiger partial charge on any atom is -0.459 e. The van der Waals surface area contributed by atoms with E-state index in [2.05, 4.69) is 29.0 Å². The first kappa shape index (κ1) is 16.7. The van der Waals surface area contributed by atoms with Crippen LogP contribution in [0.15, 0.2) is 21.9 Å². The monoisotopic (exact) mass is 321 g/mol. The van der Waals surface area contributed by atoms with Gasteiger partial charge >= 0.3 is 0 Å². The number of nitrogens with one attached hydrogen (secondary N) is 1. The summed E-state index contributed by atoms with van der Waals surface area (Å²) in [5, 5.41) is 5.46. The van der Waals surface area contributed by atoms with E-state index in [4.69, 9.17) is 4.42 Å². The summed E-state index contributed by atoms with van der Waals surface area (Å²) < 4.78 is 5.53. The Hall–Kier alpha value is -1.66. The first-order chi connectivity index (χ1) is 10.3. The van der Waals surface area contributed by atoms with Crippen LogP contribution in [0.25, 0.3) is 10.8 Å². The van der Waals surface area contributed by atoms with Crippen LogP contribution in [0.4, 0.5) is 0 Å². The fraction of sp³-hybridized carbons (Fsp3) is 0.500. The molecule has 2 aromatic rings. The molecule has 1 N–H and O–H groups in total. The van der Waals surface area contributed by atoms with Crippen molar-refractivity contribution in [1.29, 1.82) is 0 Å². The Morgan fingerprint density at radius 2 is 2.14 bits per heavy atom. The van der Waals surface area contributed by atoms with Crippen LogP contribution in [0.2, 0.25) is 0 Å². The van der Waals surface area contributed by atoms with Gasteiger partial charge in [-0.25, -0.2) is 4.98 Å². The lowest BCUT2D eigenvalue weighted by Gasteiger charge is -2.28. The molecule has 0 atom stereocenters. The molecular weight excluding hydrogens is 298 g/mol. The summed E-state index contributed by atoms with van der Waals surface area (Å²) in [6, 6.07) is 3.76. The first-order valence-electron chi connectivity index (χ1n) is 7.22. The van der Waals surface area contributed by atoms with Crippen molar-refractivity contribution in [2.45, 2.75) is 20.8 Å². The van der Waals surface area contributed by atoms with Crippen LogP contribution in [0.5, 0.6) is 0 Å². The third-order valence-corrected chi connectivity index (χ3v) is 4.02. The Bertz CT molecular complexity index is 643. The SMILES string of the molecule is Cc1ccc(-c2nc(C(=O)NCC(C)(C)CN(C)C)cs2)o1. The molecule has 0 saturated carbocycles. The van der Waals surface area contributed by atoms with E-state index in [-0.39, 0.29) is 11.3 Å². The van der Waals surface area contributed by atoms with Crippen LogP contribution < -0.4 is 5.32 Å². The number of amides is 1. The number of thiazole rings is 1. The second-order valence-corrected chi connectivity index (χ2v) is 7.39. The minimum atomic E-state index is -0.141. The molecule has 0 aliphatic heterocycles. The number of carbonyl (C=O) groups is 1. The quantitative estimate of drug-likeness (QED) is 0.888. The normalized spacial score (nSPS) is 11.9. The van der Waals surface area contributed by atoms with Gasteiger partial charge < -0.3 is 14.6 Å². The summed E-state index contributed by atoms with van der Waals surface area (Å²) in [5.74, 6) is 1.40. The lowest BCUT2D eigenvalue weighted by atomic mass is 9.93. The van der Waals surface area contributed by atoms with Crippen molar-refractivity contribution in [3.8, 4) is 10.8 Å². The molecule has 2 aromatic heterocycles. The van der Waals surface area contributed by atoms with Gasteiger partial charge in [0.05, 0.1) is 0 Å². The van der Waals surface area contributed by atoms with Gasteiger partial charge in [-0.15, -0.1) is 11.3 Å². The first-order valence-corrected chi connectivity index (χ1v) is 8.10. The van der Waals surface area contributed by atoms with Gasteiger partial charge in [0.2, 0.25) is 0 Å². The number of furan rings is 1. The third-order valence-electron chi connectivity index (χ3n) is 3.16. The van der Waals surface area contributed by atoms with Gasteiger partial charge in [0.15, 0.2) is 10.8 Å². The topological polar surface area (TPSA) is 58.4 Å².